The molecule has 4 aromatic heterocycles. The second kappa shape index (κ2) is 8.77. The zero-order valence-corrected chi connectivity index (χ0v) is 19.8. The molecule has 3 N–H and O–H groups in total. The van der Waals surface area contributed by atoms with Crippen molar-refractivity contribution in [1.29, 1.82) is 0 Å². The molecule has 5 aromatic rings. The summed E-state index contributed by atoms with van der Waals surface area (Å²) in [5, 5.41) is 7.06. The highest BCUT2D eigenvalue weighted by Crippen LogP contribution is 2.36. The molecule has 0 saturated carbocycles. The van der Waals surface area contributed by atoms with Crippen molar-refractivity contribution in [1.82, 2.24) is 34.6 Å². The van der Waals surface area contributed by atoms with E-state index in [1.54, 1.807) is 24.4 Å². The Morgan fingerprint density at radius 2 is 2.05 bits per heavy atom. The fourth-order valence-corrected chi connectivity index (χ4v) is 4.82. The van der Waals surface area contributed by atoms with Crippen molar-refractivity contribution in [3.63, 3.8) is 0 Å². The highest BCUT2D eigenvalue weighted by atomic mass is 19.3. The molecular weight excluding hydrogens is 478 g/mol. The maximum Gasteiger partial charge on any atom is 0.266 e. The van der Waals surface area contributed by atoms with Crippen LogP contribution in [0.1, 0.15) is 42.5 Å². The van der Waals surface area contributed by atoms with Crippen LogP contribution >= 0.6 is 0 Å². The van der Waals surface area contributed by atoms with Crippen molar-refractivity contribution in [2.24, 2.45) is 0 Å². The van der Waals surface area contributed by atoms with Crippen LogP contribution in [0.15, 0.2) is 61.1 Å². The van der Waals surface area contributed by atoms with Crippen LogP contribution in [-0.2, 0) is 11.2 Å². The van der Waals surface area contributed by atoms with E-state index in [1.807, 2.05) is 22.8 Å². The number of rotatable bonds is 5. The highest BCUT2D eigenvalue weighted by Gasteiger charge is 2.25. The summed E-state index contributed by atoms with van der Waals surface area (Å²) in [5.41, 5.74) is 10.8. The number of aryl methyl sites for hydroxylation is 1. The molecule has 4 heterocycles. The third kappa shape index (κ3) is 3.98. The number of carbonyl (C=O) groups is 1. The van der Waals surface area contributed by atoms with Crippen LogP contribution in [0.5, 0.6) is 0 Å². The first-order valence-electron chi connectivity index (χ1n) is 11.7. The summed E-state index contributed by atoms with van der Waals surface area (Å²) in [6, 6.07) is 13.1. The number of nitrogens with one attached hydrogen (secondary N) is 1. The van der Waals surface area contributed by atoms with Gasteiger partial charge in [0.1, 0.15) is 11.3 Å². The molecule has 1 aromatic carbocycles. The van der Waals surface area contributed by atoms with Gasteiger partial charge in [-0.1, -0.05) is 6.07 Å². The Labute approximate surface area is 210 Å². The van der Waals surface area contributed by atoms with Crippen LogP contribution in [0.4, 0.5) is 14.6 Å². The first kappa shape index (κ1) is 22.8. The summed E-state index contributed by atoms with van der Waals surface area (Å²) in [6.45, 7) is 1.52. The van der Waals surface area contributed by atoms with Gasteiger partial charge in [0, 0.05) is 25.0 Å². The molecule has 1 amide bonds. The number of benzene rings is 1. The van der Waals surface area contributed by atoms with Gasteiger partial charge in [-0.05, 0) is 60.4 Å². The number of pyridine rings is 2. The number of halogens is 2. The van der Waals surface area contributed by atoms with Gasteiger partial charge in [-0.25, -0.2) is 28.4 Å². The second-order valence-electron chi connectivity index (χ2n) is 8.91. The summed E-state index contributed by atoms with van der Waals surface area (Å²) in [6.07, 6.45) is 3.00. The predicted molar refractivity (Wildman–Crippen MR) is 133 cm³/mol. The Bertz CT molecular complexity index is 1660. The zero-order valence-electron chi connectivity index (χ0n) is 19.8. The summed E-state index contributed by atoms with van der Waals surface area (Å²) >= 11 is 0. The lowest BCUT2D eigenvalue weighted by molar-refractivity contribution is -0.119. The molecule has 1 atom stereocenters. The fraction of sp³-hybridized carbons (Fsp3) is 0.192. The largest absolute Gasteiger partial charge is 0.383 e. The zero-order chi connectivity index (χ0) is 25.7. The Morgan fingerprint density at radius 3 is 2.81 bits per heavy atom. The maximum atomic E-state index is 13.1. The molecule has 0 unspecified atom stereocenters. The Balaban J connectivity index is 1.54. The second-order valence-corrected chi connectivity index (χ2v) is 8.91. The molecule has 9 nitrogen and oxygen atoms in total. The van der Waals surface area contributed by atoms with E-state index in [2.05, 4.69) is 21.5 Å². The van der Waals surface area contributed by atoms with Crippen LogP contribution in [-0.4, -0.2) is 35.2 Å². The van der Waals surface area contributed by atoms with Crippen LogP contribution in [0, 0.1) is 0 Å². The number of imidazole rings is 1. The van der Waals surface area contributed by atoms with Gasteiger partial charge < -0.3 is 11.1 Å². The molecule has 0 radical (unpaired) electrons. The first-order valence-corrected chi connectivity index (χ1v) is 11.7. The van der Waals surface area contributed by atoms with Crippen molar-refractivity contribution in [2.45, 2.75) is 32.2 Å². The number of hydrogen-bond donors (Lipinski definition) is 2. The van der Waals surface area contributed by atoms with Crippen molar-refractivity contribution >= 4 is 22.9 Å². The smallest absolute Gasteiger partial charge is 0.266 e. The van der Waals surface area contributed by atoms with E-state index >= 15 is 0 Å². The molecule has 0 fully saturated rings. The molecule has 0 spiro atoms. The number of hydrogen-bond acceptors (Lipinski definition) is 6. The molecule has 6 rings (SSSR count). The quantitative estimate of drug-likeness (QED) is 0.371. The Morgan fingerprint density at radius 1 is 1.19 bits per heavy atom. The lowest BCUT2D eigenvalue weighted by Crippen LogP contribution is -2.24. The van der Waals surface area contributed by atoms with Crippen LogP contribution in [0.3, 0.4) is 0 Å². The van der Waals surface area contributed by atoms with E-state index in [0.717, 1.165) is 35.9 Å². The fourth-order valence-electron chi connectivity index (χ4n) is 4.82. The number of nitrogens with two attached hydrogens (primary N) is 1. The van der Waals surface area contributed by atoms with E-state index < -0.39 is 6.43 Å². The van der Waals surface area contributed by atoms with Crippen molar-refractivity contribution < 1.29 is 13.6 Å². The number of nitrogens with zero attached hydrogens (tertiary/aromatic N) is 6. The molecule has 11 heteroatoms. The Kier molecular flexibility index (Phi) is 5.40. The average Bonchev–Trinajstić information content (AvgIpc) is 3.60. The van der Waals surface area contributed by atoms with Gasteiger partial charge in [0.25, 0.3) is 6.43 Å². The molecule has 186 valence electrons. The maximum absolute atomic E-state index is 13.1. The molecule has 1 aliphatic rings. The van der Waals surface area contributed by atoms with Gasteiger partial charge in [0.2, 0.25) is 5.91 Å². The molecular formula is C26H22F2N8O. The number of anilines is 1. The average molecular weight is 501 g/mol. The first-order chi connectivity index (χ1) is 17.9. The van der Waals surface area contributed by atoms with E-state index in [0.29, 0.717) is 34.2 Å². The van der Waals surface area contributed by atoms with Gasteiger partial charge in [0.15, 0.2) is 17.3 Å². The molecule has 1 aliphatic carbocycles. The van der Waals surface area contributed by atoms with Crippen molar-refractivity contribution in [3.8, 4) is 22.9 Å². The minimum Gasteiger partial charge on any atom is -0.383 e. The van der Waals surface area contributed by atoms with Gasteiger partial charge >= 0.3 is 0 Å². The predicted octanol–water partition coefficient (Wildman–Crippen LogP) is 4.31. The van der Waals surface area contributed by atoms with Gasteiger partial charge in [-0.15, -0.1) is 0 Å². The lowest BCUT2D eigenvalue weighted by atomic mass is 10.1. The molecule has 37 heavy (non-hydrogen) atoms. The lowest BCUT2D eigenvalue weighted by Gasteiger charge is -2.15. The summed E-state index contributed by atoms with van der Waals surface area (Å²) < 4.78 is 29.5. The number of nitrogen functional groups attached to an aromatic ring is 1. The number of aromatic nitrogens is 6. The van der Waals surface area contributed by atoms with E-state index in [1.165, 1.54) is 17.8 Å². The number of carbonyl (C=O) groups excluding carboxylic acids is 1. The summed E-state index contributed by atoms with van der Waals surface area (Å²) in [4.78, 5) is 25.4. The summed E-state index contributed by atoms with van der Waals surface area (Å²) in [7, 11) is 0. The van der Waals surface area contributed by atoms with Crippen LogP contribution < -0.4 is 11.1 Å². The van der Waals surface area contributed by atoms with E-state index in [4.69, 9.17) is 15.7 Å². The third-order valence-electron chi connectivity index (χ3n) is 6.50. The van der Waals surface area contributed by atoms with Gasteiger partial charge in [-0.3, -0.25) is 9.36 Å². The van der Waals surface area contributed by atoms with Crippen LogP contribution in [0.2, 0.25) is 0 Å². The molecule has 0 aliphatic heterocycles. The minimum atomic E-state index is -2.63. The van der Waals surface area contributed by atoms with Gasteiger partial charge in [0.05, 0.1) is 23.4 Å². The van der Waals surface area contributed by atoms with E-state index in [-0.39, 0.29) is 17.5 Å². The van der Waals surface area contributed by atoms with E-state index in [9.17, 15) is 13.6 Å². The van der Waals surface area contributed by atoms with Crippen LogP contribution in [0.25, 0.3) is 34.1 Å². The summed E-state index contributed by atoms with van der Waals surface area (Å²) in [5.74, 6) is 1.18. The van der Waals surface area contributed by atoms with Crippen molar-refractivity contribution in [3.05, 3.63) is 77.7 Å². The number of fused-ring (bicyclic) bond motifs is 2. The molecule has 0 saturated heterocycles. The SMILES string of the molecule is CC(=O)N[C@H]1CCc2cc(-n3c(-c4cccnc4N)nc4ccc(-n5cc(C(F)F)cn5)nc43)ccc21. The minimum absolute atomic E-state index is 0.0249. The third-order valence-corrected chi connectivity index (χ3v) is 6.50. The standard InChI is InChI=1S/C26H22F2N8O/c1-14(37)32-20-7-4-15-11-17(5-6-18(15)20)36-25(19-3-2-10-30-24(19)29)33-21-8-9-22(34-26(21)36)35-13-16(12-31-35)23(27)28/h2-3,5-6,8-13,20,23H,4,7H2,1H3,(H2,29,30)(H,32,37)/t20-/m0/s1. The number of amides is 1. The van der Waals surface area contributed by atoms with Gasteiger partial charge in [-0.2, -0.15) is 5.10 Å². The molecule has 0 bridgehead atoms. The normalized spacial score (nSPS) is 14.9. The van der Waals surface area contributed by atoms with Crippen molar-refractivity contribution in [2.75, 3.05) is 5.73 Å². The number of alkyl halides is 2. The topological polar surface area (TPSA) is 117 Å². The Hall–Kier alpha value is -4.67. The highest BCUT2D eigenvalue weighted by molar-refractivity contribution is 5.83. The monoisotopic (exact) mass is 500 g/mol.